The van der Waals surface area contributed by atoms with Crippen LogP contribution in [0.5, 0.6) is 11.5 Å². The number of carbonyl (C=O) groups excluding carboxylic acids is 1. The van der Waals surface area contributed by atoms with Crippen LogP contribution < -0.4 is 0 Å². The molecule has 0 radical (unpaired) electrons. The fraction of sp³-hybridized carbons (Fsp3) is 0.240. The van der Waals surface area contributed by atoms with E-state index in [4.69, 9.17) is 0 Å². The summed E-state index contributed by atoms with van der Waals surface area (Å²) in [7, 11) is 0. The minimum atomic E-state index is -0.307. The van der Waals surface area contributed by atoms with Gasteiger partial charge in [0.15, 0.2) is 5.78 Å². The van der Waals surface area contributed by atoms with E-state index in [0.717, 1.165) is 17.5 Å². The fourth-order valence-corrected chi connectivity index (χ4v) is 2.76. The largest absolute Gasteiger partial charge is 0.507 e. The number of hydrogen-bond donors (Lipinski definition) is 2. The van der Waals surface area contributed by atoms with Crippen LogP contribution >= 0.6 is 0 Å². The Bertz CT molecular complexity index is 938. The van der Waals surface area contributed by atoms with Crippen molar-refractivity contribution in [1.29, 1.82) is 0 Å². The van der Waals surface area contributed by atoms with Crippen LogP contribution in [0.15, 0.2) is 65.8 Å². The van der Waals surface area contributed by atoms with Crippen LogP contribution in [0.1, 0.15) is 54.7 Å². The van der Waals surface area contributed by atoms with Crippen LogP contribution in [0.4, 0.5) is 0 Å². The highest BCUT2D eigenvalue weighted by atomic mass is 16.3. The van der Waals surface area contributed by atoms with Gasteiger partial charge in [0.2, 0.25) is 0 Å². The fourth-order valence-electron chi connectivity index (χ4n) is 2.76. The molecule has 2 rings (SSSR count). The van der Waals surface area contributed by atoms with E-state index in [2.05, 4.69) is 26.0 Å². The number of allylic oxidation sites excluding steroid dienone is 5. The van der Waals surface area contributed by atoms with E-state index in [1.807, 2.05) is 26.0 Å². The molecule has 0 aliphatic carbocycles. The summed E-state index contributed by atoms with van der Waals surface area (Å²) in [6, 6.07) is 10.3. The maximum Gasteiger partial charge on any atom is 0.189 e. The second-order valence-electron chi connectivity index (χ2n) is 7.38. The number of para-hydroxylation sites is 1. The van der Waals surface area contributed by atoms with Crippen molar-refractivity contribution < 1.29 is 15.0 Å². The first kappa shape index (κ1) is 21.2. The molecule has 0 unspecified atom stereocenters. The van der Waals surface area contributed by atoms with Gasteiger partial charge in [-0.3, -0.25) is 4.79 Å². The second-order valence-corrected chi connectivity index (χ2v) is 7.38. The van der Waals surface area contributed by atoms with Gasteiger partial charge in [0.25, 0.3) is 0 Å². The summed E-state index contributed by atoms with van der Waals surface area (Å²) < 4.78 is 0. The van der Waals surface area contributed by atoms with E-state index in [0.29, 0.717) is 12.0 Å². The van der Waals surface area contributed by atoms with E-state index >= 15 is 0 Å². The van der Waals surface area contributed by atoms with Gasteiger partial charge in [0, 0.05) is 5.56 Å². The van der Waals surface area contributed by atoms with Crippen molar-refractivity contribution in [2.24, 2.45) is 0 Å². The van der Waals surface area contributed by atoms with Gasteiger partial charge in [0.05, 0.1) is 5.56 Å². The van der Waals surface area contributed by atoms with E-state index in [-0.39, 0.29) is 22.8 Å². The van der Waals surface area contributed by atoms with Crippen LogP contribution in [-0.2, 0) is 12.8 Å². The third-order valence-corrected chi connectivity index (χ3v) is 4.34. The molecule has 2 aromatic carbocycles. The average Bonchev–Trinajstić information content (AvgIpc) is 2.65. The number of carbonyl (C=O) groups is 1. The molecule has 0 bridgehead atoms. The van der Waals surface area contributed by atoms with E-state index in [9.17, 15) is 15.0 Å². The second kappa shape index (κ2) is 9.75. The molecule has 0 amide bonds. The third kappa shape index (κ3) is 5.98. The predicted octanol–water partition coefficient (Wildman–Crippen LogP) is 6.01. The Morgan fingerprint density at radius 2 is 1.57 bits per heavy atom. The summed E-state index contributed by atoms with van der Waals surface area (Å²) in [6.07, 6.45) is 8.60. The number of ketones is 1. The Hall–Kier alpha value is -3.07. The highest BCUT2D eigenvalue weighted by molar-refractivity contribution is 6.08. The maximum absolute atomic E-state index is 12.4. The lowest BCUT2D eigenvalue weighted by Crippen LogP contribution is -1.95. The number of benzene rings is 2. The van der Waals surface area contributed by atoms with Crippen LogP contribution in [0.2, 0.25) is 0 Å². The first-order valence-corrected chi connectivity index (χ1v) is 9.40. The molecule has 0 fully saturated rings. The molecule has 3 heteroatoms. The van der Waals surface area contributed by atoms with Gasteiger partial charge in [-0.2, -0.15) is 0 Å². The molecule has 0 saturated heterocycles. The van der Waals surface area contributed by atoms with Crippen molar-refractivity contribution in [2.45, 2.75) is 40.5 Å². The van der Waals surface area contributed by atoms with Crippen molar-refractivity contribution in [3.8, 4) is 11.5 Å². The molecule has 2 N–H and O–H groups in total. The van der Waals surface area contributed by atoms with Crippen LogP contribution in [0, 0.1) is 0 Å². The monoisotopic (exact) mass is 376 g/mol. The minimum absolute atomic E-state index is 0.0528. The number of aromatic hydroxyl groups is 2. The summed E-state index contributed by atoms with van der Waals surface area (Å²) in [5, 5.41) is 20.5. The summed E-state index contributed by atoms with van der Waals surface area (Å²) >= 11 is 0. The molecule has 0 aliphatic rings. The summed E-state index contributed by atoms with van der Waals surface area (Å²) in [5.41, 5.74) is 5.15. The number of phenols is 2. The lowest BCUT2D eigenvalue weighted by atomic mass is 9.98. The predicted molar refractivity (Wildman–Crippen MR) is 116 cm³/mol. The molecule has 0 heterocycles. The van der Waals surface area contributed by atoms with Gasteiger partial charge in [-0.25, -0.2) is 0 Å². The Morgan fingerprint density at radius 3 is 2.21 bits per heavy atom. The number of phenolic OH excluding ortho intramolecular Hbond substituents is 2. The van der Waals surface area contributed by atoms with Crippen molar-refractivity contribution in [2.75, 3.05) is 0 Å². The zero-order valence-corrected chi connectivity index (χ0v) is 17.0. The van der Waals surface area contributed by atoms with E-state index in [1.54, 1.807) is 24.3 Å². The van der Waals surface area contributed by atoms with Crippen molar-refractivity contribution in [3.05, 3.63) is 88.0 Å². The quantitative estimate of drug-likeness (QED) is 0.353. The first-order valence-electron chi connectivity index (χ1n) is 9.40. The van der Waals surface area contributed by atoms with E-state index < -0.39 is 0 Å². The molecule has 0 aliphatic heterocycles. The SMILES string of the molecule is CC(C)=CCc1cc(/C=C/C(=O)c2ccccc2O)c(O)c(CC=C(C)C)c1. The van der Waals surface area contributed by atoms with Crippen molar-refractivity contribution >= 4 is 11.9 Å². The Labute approximate surface area is 167 Å². The number of rotatable bonds is 7. The summed E-state index contributed by atoms with van der Waals surface area (Å²) in [6.45, 7) is 8.15. The Kier molecular flexibility index (Phi) is 7.39. The van der Waals surface area contributed by atoms with Gasteiger partial charge in [-0.1, -0.05) is 41.5 Å². The zero-order chi connectivity index (χ0) is 20.7. The van der Waals surface area contributed by atoms with Gasteiger partial charge in [-0.05, 0) is 82.0 Å². The Morgan fingerprint density at radius 1 is 0.929 bits per heavy atom. The normalized spacial score (nSPS) is 10.7. The topological polar surface area (TPSA) is 57.5 Å². The number of hydrogen-bond acceptors (Lipinski definition) is 3. The molecule has 0 spiro atoms. The van der Waals surface area contributed by atoms with Crippen LogP contribution in [0.3, 0.4) is 0 Å². The lowest BCUT2D eigenvalue weighted by molar-refractivity contribution is 0.104. The molecular weight excluding hydrogens is 348 g/mol. The van der Waals surface area contributed by atoms with E-state index in [1.165, 1.54) is 23.3 Å². The molecule has 2 aromatic rings. The maximum atomic E-state index is 12.4. The molecule has 146 valence electrons. The zero-order valence-electron chi connectivity index (χ0n) is 17.0. The average molecular weight is 376 g/mol. The van der Waals surface area contributed by atoms with Gasteiger partial charge in [-0.15, -0.1) is 0 Å². The van der Waals surface area contributed by atoms with Crippen molar-refractivity contribution in [3.63, 3.8) is 0 Å². The molecule has 0 saturated carbocycles. The highest BCUT2D eigenvalue weighted by Crippen LogP contribution is 2.28. The summed E-state index contributed by atoms with van der Waals surface area (Å²) in [5.74, 6) is -0.180. The summed E-state index contributed by atoms with van der Waals surface area (Å²) in [4.78, 5) is 12.4. The molecule has 3 nitrogen and oxygen atoms in total. The highest BCUT2D eigenvalue weighted by Gasteiger charge is 2.10. The molecule has 0 atom stereocenters. The molecule has 0 aromatic heterocycles. The first-order chi connectivity index (χ1) is 13.3. The standard InChI is InChI=1S/C25H28O3/c1-17(2)9-11-19-15-20(12-10-18(3)4)25(28)21(16-19)13-14-24(27)22-7-5-6-8-23(22)26/h5-10,13-16,26,28H,11-12H2,1-4H3/b14-13+. The van der Waals surface area contributed by atoms with Gasteiger partial charge < -0.3 is 10.2 Å². The van der Waals surface area contributed by atoms with Crippen molar-refractivity contribution in [1.82, 2.24) is 0 Å². The minimum Gasteiger partial charge on any atom is -0.507 e. The van der Waals surface area contributed by atoms with Crippen LogP contribution in [0.25, 0.3) is 6.08 Å². The van der Waals surface area contributed by atoms with Gasteiger partial charge in [0.1, 0.15) is 11.5 Å². The third-order valence-electron chi connectivity index (χ3n) is 4.34. The lowest BCUT2D eigenvalue weighted by Gasteiger charge is -2.10. The molecular formula is C25H28O3. The van der Waals surface area contributed by atoms with Crippen LogP contribution in [-0.4, -0.2) is 16.0 Å². The van der Waals surface area contributed by atoms with Gasteiger partial charge >= 0.3 is 0 Å². The smallest absolute Gasteiger partial charge is 0.189 e. The Balaban J connectivity index is 2.40. The molecule has 28 heavy (non-hydrogen) atoms.